The first kappa shape index (κ1) is 10.6. The summed E-state index contributed by atoms with van der Waals surface area (Å²) in [6.07, 6.45) is 0. The smallest absolute Gasteiger partial charge is 0.335 e. The zero-order valence-corrected chi connectivity index (χ0v) is 8.33. The highest BCUT2D eigenvalue weighted by Crippen LogP contribution is 2.32. The maximum atomic E-state index is 12.9. The molecule has 0 unspecified atom stereocenters. The first-order chi connectivity index (χ1) is 7.38. The van der Waals surface area contributed by atoms with Gasteiger partial charge in [-0.1, -0.05) is 0 Å². The van der Waals surface area contributed by atoms with Crippen LogP contribution in [0, 0.1) is 0 Å². The third-order valence-electron chi connectivity index (χ3n) is 2.20. The van der Waals surface area contributed by atoms with E-state index >= 15 is 0 Å². The van der Waals surface area contributed by atoms with Crippen molar-refractivity contribution in [3.8, 4) is 0 Å². The summed E-state index contributed by atoms with van der Waals surface area (Å²) in [5.41, 5.74) is 0.292. The van der Waals surface area contributed by atoms with Gasteiger partial charge in [0.1, 0.15) is 5.58 Å². The summed E-state index contributed by atoms with van der Waals surface area (Å²) < 4.78 is 30.8. The van der Waals surface area contributed by atoms with Crippen LogP contribution in [0.1, 0.15) is 23.0 Å². The van der Waals surface area contributed by atoms with E-state index in [1.807, 2.05) is 0 Å². The first-order valence-electron chi connectivity index (χ1n) is 4.53. The molecule has 0 aliphatic rings. The number of carboxylic acid groups (broad SMARTS) is 1. The molecule has 0 aliphatic heterocycles. The van der Waals surface area contributed by atoms with Gasteiger partial charge in [0, 0.05) is 12.3 Å². The van der Waals surface area contributed by atoms with E-state index in [0.717, 1.165) is 13.0 Å². The lowest BCUT2D eigenvalue weighted by molar-refractivity contribution is -0.00383. The van der Waals surface area contributed by atoms with E-state index in [4.69, 9.17) is 9.52 Å². The minimum absolute atomic E-state index is 0.0410. The molecule has 16 heavy (non-hydrogen) atoms. The second-order valence-corrected chi connectivity index (χ2v) is 3.56. The number of hydrogen-bond acceptors (Lipinski definition) is 2. The quantitative estimate of drug-likeness (QED) is 0.855. The maximum Gasteiger partial charge on any atom is 0.335 e. The predicted octanol–water partition coefficient (Wildman–Crippen LogP) is 3.24. The van der Waals surface area contributed by atoms with Gasteiger partial charge in [-0.25, -0.2) is 4.79 Å². The Labute approximate surface area is 89.3 Å². The fourth-order valence-electron chi connectivity index (χ4n) is 1.39. The van der Waals surface area contributed by atoms with Crippen LogP contribution in [0.15, 0.2) is 28.7 Å². The largest absolute Gasteiger partial charge is 0.478 e. The number of carboxylic acids is 1. The molecule has 1 N–H and O–H groups in total. The Balaban J connectivity index is 2.59. The fraction of sp³-hybridized carbons (Fsp3) is 0.182. The number of rotatable bonds is 2. The van der Waals surface area contributed by atoms with Gasteiger partial charge in [-0.05, 0) is 24.3 Å². The number of furan rings is 1. The minimum atomic E-state index is -3.07. The van der Waals surface area contributed by atoms with E-state index in [9.17, 15) is 13.6 Å². The van der Waals surface area contributed by atoms with Crippen molar-refractivity contribution in [2.24, 2.45) is 0 Å². The molecule has 1 aromatic heterocycles. The Morgan fingerprint density at radius 1 is 1.38 bits per heavy atom. The lowest BCUT2D eigenvalue weighted by Gasteiger charge is -2.03. The molecule has 0 saturated heterocycles. The number of benzene rings is 1. The third-order valence-corrected chi connectivity index (χ3v) is 2.20. The molecule has 1 heterocycles. The maximum absolute atomic E-state index is 12.9. The van der Waals surface area contributed by atoms with Crippen LogP contribution in [0.2, 0.25) is 0 Å². The molecule has 0 saturated carbocycles. The summed E-state index contributed by atoms with van der Waals surface area (Å²) in [5.74, 6) is -4.64. The van der Waals surface area contributed by atoms with Gasteiger partial charge in [-0.3, -0.25) is 0 Å². The summed E-state index contributed by atoms with van der Waals surface area (Å²) in [6.45, 7) is 0.725. The monoisotopic (exact) mass is 226 g/mol. The normalized spacial score (nSPS) is 11.9. The Bertz CT molecular complexity index is 552. The van der Waals surface area contributed by atoms with Gasteiger partial charge in [0.05, 0.1) is 5.56 Å². The molecular formula is C11H8F2O3. The van der Waals surface area contributed by atoms with E-state index in [0.29, 0.717) is 5.39 Å². The zero-order valence-electron chi connectivity index (χ0n) is 8.33. The van der Waals surface area contributed by atoms with Crippen LogP contribution in [0.25, 0.3) is 11.0 Å². The second kappa shape index (κ2) is 3.30. The van der Waals surface area contributed by atoms with Gasteiger partial charge in [0.25, 0.3) is 0 Å². The molecule has 0 spiro atoms. The zero-order chi connectivity index (χ0) is 11.9. The van der Waals surface area contributed by atoms with Crippen LogP contribution in [0.3, 0.4) is 0 Å². The number of halogens is 2. The SMILES string of the molecule is CC(F)(F)c1cc2cc(C(=O)O)ccc2o1. The third kappa shape index (κ3) is 1.76. The fourth-order valence-corrected chi connectivity index (χ4v) is 1.39. The molecule has 0 bridgehead atoms. The molecular weight excluding hydrogens is 218 g/mol. The Morgan fingerprint density at radius 2 is 2.06 bits per heavy atom. The van der Waals surface area contributed by atoms with Crippen LogP contribution < -0.4 is 0 Å². The van der Waals surface area contributed by atoms with Crippen LogP contribution >= 0.6 is 0 Å². The van der Waals surface area contributed by atoms with Crippen molar-refractivity contribution in [1.82, 2.24) is 0 Å². The molecule has 84 valence electrons. The molecule has 0 radical (unpaired) electrons. The number of aromatic carboxylic acids is 1. The molecule has 3 nitrogen and oxygen atoms in total. The molecule has 0 amide bonds. The van der Waals surface area contributed by atoms with Crippen molar-refractivity contribution >= 4 is 16.9 Å². The van der Waals surface area contributed by atoms with E-state index in [2.05, 4.69) is 0 Å². The highest BCUT2D eigenvalue weighted by Gasteiger charge is 2.29. The van der Waals surface area contributed by atoms with Gasteiger partial charge < -0.3 is 9.52 Å². The molecule has 0 atom stereocenters. The number of fused-ring (bicyclic) bond motifs is 1. The standard InChI is InChI=1S/C11H8F2O3/c1-11(12,13)9-5-7-4-6(10(14)15)2-3-8(7)16-9/h2-5H,1H3,(H,14,15). The van der Waals surface area contributed by atoms with E-state index in [1.54, 1.807) is 0 Å². The lowest BCUT2D eigenvalue weighted by atomic mass is 10.1. The van der Waals surface area contributed by atoms with Crippen molar-refractivity contribution in [3.05, 3.63) is 35.6 Å². The topological polar surface area (TPSA) is 50.4 Å². The average Bonchev–Trinajstić information content (AvgIpc) is 2.58. The predicted molar refractivity (Wildman–Crippen MR) is 52.7 cm³/mol. The highest BCUT2D eigenvalue weighted by atomic mass is 19.3. The summed E-state index contributed by atoms with van der Waals surface area (Å²) >= 11 is 0. The van der Waals surface area contributed by atoms with Gasteiger partial charge in [-0.15, -0.1) is 0 Å². The Morgan fingerprint density at radius 3 is 2.62 bits per heavy atom. The van der Waals surface area contributed by atoms with Gasteiger partial charge in [0.2, 0.25) is 0 Å². The van der Waals surface area contributed by atoms with Gasteiger partial charge in [-0.2, -0.15) is 8.78 Å². The summed E-state index contributed by atoms with van der Waals surface area (Å²) in [7, 11) is 0. The molecule has 5 heteroatoms. The van der Waals surface area contributed by atoms with E-state index < -0.39 is 17.7 Å². The number of hydrogen-bond donors (Lipinski definition) is 1. The van der Waals surface area contributed by atoms with Crippen LogP contribution in [-0.4, -0.2) is 11.1 Å². The molecule has 1 aromatic carbocycles. The second-order valence-electron chi connectivity index (χ2n) is 3.56. The van der Waals surface area contributed by atoms with Crippen molar-refractivity contribution in [3.63, 3.8) is 0 Å². The molecule has 2 aromatic rings. The summed E-state index contributed by atoms with van der Waals surface area (Å²) in [4.78, 5) is 10.7. The highest BCUT2D eigenvalue weighted by molar-refractivity contribution is 5.93. The average molecular weight is 226 g/mol. The lowest BCUT2D eigenvalue weighted by Crippen LogP contribution is -2.04. The van der Waals surface area contributed by atoms with Crippen LogP contribution in [-0.2, 0) is 5.92 Å². The van der Waals surface area contributed by atoms with E-state index in [1.165, 1.54) is 18.2 Å². The van der Waals surface area contributed by atoms with Crippen molar-refractivity contribution in [1.29, 1.82) is 0 Å². The first-order valence-corrected chi connectivity index (χ1v) is 4.53. The van der Waals surface area contributed by atoms with Crippen LogP contribution in [0.4, 0.5) is 8.78 Å². The molecule has 0 fully saturated rings. The summed E-state index contributed by atoms with van der Waals surface area (Å²) in [6, 6.07) is 5.14. The molecule has 2 rings (SSSR count). The van der Waals surface area contributed by atoms with E-state index in [-0.39, 0.29) is 11.1 Å². The van der Waals surface area contributed by atoms with Gasteiger partial charge >= 0.3 is 11.9 Å². The van der Waals surface area contributed by atoms with Crippen molar-refractivity contribution in [2.75, 3.05) is 0 Å². The van der Waals surface area contributed by atoms with Gasteiger partial charge in [0.15, 0.2) is 5.76 Å². The Kier molecular flexibility index (Phi) is 2.18. The van der Waals surface area contributed by atoms with Crippen LogP contribution in [0.5, 0.6) is 0 Å². The number of alkyl halides is 2. The minimum Gasteiger partial charge on any atom is -0.478 e. The molecule has 0 aliphatic carbocycles. The number of carbonyl (C=O) groups is 1. The Hall–Kier alpha value is -1.91. The summed E-state index contributed by atoms with van der Waals surface area (Å²) in [5, 5.41) is 9.09. The van der Waals surface area contributed by atoms with Crippen molar-refractivity contribution in [2.45, 2.75) is 12.8 Å². The van der Waals surface area contributed by atoms with Crippen molar-refractivity contribution < 1.29 is 23.1 Å².